The molecule has 1 fully saturated rings. The molecule has 0 unspecified atom stereocenters. The highest BCUT2D eigenvalue weighted by Crippen LogP contribution is 2.34. The van der Waals surface area contributed by atoms with Crippen molar-refractivity contribution in [1.29, 1.82) is 0 Å². The van der Waals surface area contributed by atoms with Gasteiger partial charge in [0.1, 0.15) is 4.90 Å². The molecule has 2 aliphatic heterocycles. The largest absolute Gasteiger partial charge is 0.342 e. The fourth-order valence-corrected chi connectivity index (χ4v) is 5.67. The normalized spacial score (nSPS) is 19.5. The zero-order valence-electron chi connectivity index (χ0n) is 15.1. The number of anilines is 1. The van der Waals surface area contributed by atoms with Gasteiger partial charge in [-0.25, -0.2) is 0 Å². The third-order valence-electron chi connectivity index (χ3n) is 4.59. The van der Waals surface area contributed by atoms with Gasteiger partial charge in [0.25, 0.3) is 10.0 Å². The van der Waals surface area contributed by atoms with Crippen molar-refractivity contribution in [3.63, 3.8) is 0 Å². The predicted molar refractivity (Wildman–Crippen MR) is 106 cm³/mol. The van der Waals surface area contributed by atoms with E-state index in [9.17, 15) is 13.2 Å². The molecular formula is C18H25N3O3S2. The van der Waals surface area contributed by atoms with Crippen molar-refractivity contribution in [3.8, 4) is 0 Å². The minimum atomic E-state index is -3.72. The lowest BCUT2D eigenvalue weighted by Gasteiger charge is -2.30. The molecule has 8 heteroatoms. The fraction of sp³-hybridized carbons (Fsp3) is 0.556. The molecule has 6 nitrogen and oxygen atoms in total. The summed E-state index contributed by atoms with van der Waals surface area (Å²) in [5.74, 6) is 0.281. The van der Waals surface area contributed by atoms with Crippen LogP contribution in [0.2, 0.25) is 0 Å². The van der Waals surface area contributed by atoms with Crippen LogP contribution in [-0.2, 0) is 14.8 Å². The summed E-state index contributed by atoms with van der Waals surface area (Å²) >= 11 is 1.23. The lowest BCUT2D eigenvalue weighted by molar-refractivity contribution is -0.128. The van der Waals surface area contributed by atoms with Gasteiger partial charge >= 0.3 is 0 Å². The van der Waals surface area contributed by atoms with Gasteiger partial charge in [0.2, 0.25) is 5.91 Å². The average molecular weight is 396 g/mol. The summed E-state index contributed by atoms with van der Waals surface area (Å²) in [4.78, 5) is 16.6. The van der Waals surface area contributed by atoms with E-state index < -0.39 is 10.0 Å². The number of sulfonamides is 1. The zero-order valence-corrected chi connectivity index (χ0v) is 16.7. The van der Waals surface area contributed by atoms with E-state index in [1.165, 1.54) is 24.6 Å². The second kappa shape index (κ2) is 8.43. The number of fused-ring (bicyclic) bond motifs is 1. The van der Waals surface area contributed by atoms with Crippen molar-refractivity contribution in [2.24, 2.45) is 4.40 Å². The third kappa shape index (κ3) is 4.23. The Bertz CT molecular complexity index is 785. The molecular weight excluding hydrogens is 370 g/mol. The summed E-state index contributed by atoms with van der Waals surface area (Å²) in [5.41, 5.74) is 0.647. The van der Waals surface area contributed by atoms with Crippen LogP contribution in [0, 0.1) is 0 Å². The van der Waals surface area contributed by atoms with Gasteiger partial charge in [-0.15, -0.1) is 4.40 Å². The van der Waals surface area contributed by atoms with Crippen LogP contribution in [0.3, 0.4) is 0 Å². The smallest absolute Gasteiger partial charge is 0.286 e. The van der Waals surface area contributed by atoms with Gasteiger partial charge in [-0.2, -0.15) is 8.42 Å². The molecule has 142 valence electrons. The number of carbonyl (C=O) groups is 1. The monoisotopic (exact) mass is 395 g/mol. The molecule has 0 N–H and O–H groups in total. The molecule has 1 amide bonds. The van der Waals surface area contributed by atoms with Crippen LogP contribution < -0.4 is 4.90 Å². The van der Waals surface area contributed by atoms with E-state index in [1.807, 2.05) is 22.8 Å². The molecule has 26 heavy (non-hydrogen) atoms. The van der Waals surface area contributed by atoms with Crippen molar-refractivity contribution in [1.82, 2.24) is 4.90 Å². The van der Waals surface area contributed by atoms with E-state index >= 15 is 0 Å². The zero-order chi connectivity index (χ0) is 18.6. The fourth-order valence-electron chi connectivity index (χ4n) is 3.28. The molecule has 0 aromatic heterocycles. The Balaban J connectivity index is 1.77. The number of amidine groups is 1. The summed E-state index contributed by atoms with van der Waals surface area (Å²) < 4.78 is 29.0. The maximum Gasteiger partial charge on any atom is 0.286 e. The van der Waals surface area contributed by atoms with Crippen molar-refractivity contribution in [2.75, 3.05) is 30.3 Å². The molecule has 0 spiro atoms. The van der Waals surface area contributed by atoms with Gasteiger partial charge in [0, 0.05) is 19.6 Å². The first-order valence-electron chi connectivity index (χ1n) is 9.15. The number of para-hydroxylation sites is 1. The summed E-state index contributed by atoms with van der Waals surface area (Å²) in [6, 6.07) is 6.92. The van der Waals surface area contributed by atoms with Gasteiger partial charge in [0.05, 0.1) is 11.4 Å². The summed E-state index contributed by atoms with van der Waals surface area (Å²) in [6.45, 7) is 4.30. The Kier molecular flexibility index (Phi) is 6.24. The van der Waals surface area contributed by atoms with Crippen molar-refractivity contribution in [2.45, 2.75) is 43.9 Å². The molecule has 0 radical (unpaired) electrons. The number of hydrogen-bond donors (Lipinski definition) is 0. The maximum absolute atomic E-state index is 12.5. The van der Waals surface area contributed by atoms with Crippen LogP contribution in [0.5, 0.6) is 0 Å². The summed E-state index contributed by atoms with van der Waals surface area (Å²) in [7, 11) is -3.72. The highest BCUT2D eigenvalue weighted by molar-refractivity contribution is 8.15. The highest BCUT2D eigenvalue weighted by atomic mass is 32.2. The minimum Gasteiger partial charge on any atom is -0.342 e. The minimum absolute atomic E-state index is 0.0623. The molecule has 0 aliphatic carbocycles. The molecule has 1 saturated heterocycles. The number of nitrogens with zero attached hydrogens (tertiary/aromatic N) is 3. The van der Waals surface area contributed by atoms with Crippen LogP contribution in [0.15, 0.2) is 33.6 Å². The molecule has 1 aromatic rings. The lowest BCUT2D eigenvalue weighted by atomic mass is 10.2. The number of benzene rings is 1. The van der Waals surface area contributed by atoms with Crippen LogP contribution >= 0.6 is 11.8 Å². The second-order valence-electron chi connectivity index (χ2n) is 6.55. The van der Waals surface area contributed by atoms with Crippen molar-refractivity contribution >= 4 is 38.5 Å². The standard InChI is InChI=1S/C18H25N3O3S2/c1-2-11-21-15-9-5-6-10-16(15)26(23,24)19-18(21)25-14-17(22)20-12-7-3-4-8-13-20/h5-6,9-10H,2-4,7-8,11-14H2,1H3. The third-order valence-corrected chi connectivity index (χ3v) is 6.98. The van der Waals surface area contributed by atoms with Gasteiger partial charge in [-0.1, -0.05) is 43.7 Å². The first-order valence-corrected chi connectivity index (χ1v) is 11.6. The first-order chi connectivity index (χ1) is 12.5. The molecule has 0 bridgehead atoms. The molecule has 1 aromatic carbocycles. The van der Waals surface area contributed by atoms with E-state index in [-0.39, 0.29) is 16.6 Å². The maximum atomic E-state index is 12.5. The lowest BCUT2D eigenvalue weighted by Crippen LogP contribution is -2.37. The SMILES string of the molecule is CCCN1C(SCC(=O)N2CCCCCC2)=NS(=O)(=O)c2ccccc21. The Labute approximate surface area is 159 Å². The van der Waals surface area contributed by atoms with Crippen LogP contribution in [-0.4, -0.2) is 49.8 Å². The molecule has 2 aliphatic rings. The summed E-state index contributed by atoms with van der Waals surface area (Å²) in [5, 5.41) is 0.397. The Hall–Kier alpha value is -1.54. The number of rotatable bonds is 4. The Morgan fingerprint density at radius 1 is 1.15 bits per heavy atom. The van der Waals surface area contributed by atoms with Gasteiger partial charge in [0.15, 0.2) is 5.17 Å². The highest BCUT2D eigenvalue weighted by Gasteiger charge is 2.31. The van der Waals surface area contributed by atoms with Crippen LogP contribution in [0.25, 0.3) is 0 Å². The van der Waals surface area contributed by atoms with Crippen molar-refractivity contribution in [3.05, 3.63) is 24.3 Å². The molecule has 0 atom stereocenters. The van der Waals surface area contributed by atoms with E-state index in [1.54, 1.807) is 18.2 Å². The van der Waals surface area contributed by atoms with Crippen molar-refractivity contribution < 1.29 is 13.2 Å². The number of carbonyl (C=O) groups excluding carboxylic acids is 1. The van der Waals surface area contributed by atoms with Gasteiger partial charge in [-0.05, 0) is 31.4 Å². The molecule has 2 heterocycles. The second-order valence-corrected chi connectivity index (χ2v) is 9.07. The topological polar surface area (TPSA) is 70.1 Å². The number of amides is 1. The average Bonchev–Trinajstić information content (AvgIpc) is 2.92. The molecule has 0 saturated carbocycles. The number of hydrogen-bond acceptors (Lipinski definition) is 5. The Morgan fingerprint density at radius 2 is 1.85 bits per heavy atom. The Morgan fingerprint density at radius 3 is 2.54 bits per heavy atom. The predicted octanol–water partition coefficient (Wildman–Crippen LogP) is 3.10. The molecule has 3 rings (SSSR count). The first kappa shape index (κ1) is 19.2. The van der Waals surface area contributed by atoms with E-state index in [4.69, 9.17) is 0 Å². The van der Waals surface area contributed by atoms with Crippen LogP contribution in [0.1, 0.15) is 39.0 Å². The number of thioether (sulfide) groups is 1. The van der Waals surface area contributed by atoms with E-state index in [2.05, 4.69) is 4.40 Å². The van der Waals surface area contributed by atoms with E-state index in [0.29, 0.717) is 17.4 Å². The van der Waals surface area contributed by atoms with Crippen LogP contribution in [0.4, 0.5) is 5.69 Å². The van der Waals surface area contributed by atoms with Gasteiger partial charge in [-0.3, -0.25) is 4.79 Å². The summed E-state index contributed by atoms with van der Waals surface area (Å²) in [6.07, 6.45) is 5.28. The van der Waals surface area contributed by atoms with E-state index in [0.717, 1.165) is 32.4 Å². The quantitative estimate of drug-likeness (QED) is 0.783. The van der Waals surface area contributed by atoms with Gasteiger partial charge < -0.3 is 9.80 Å². The number of likely N-dealkylation sites (tertiary alicyclic amines) is 1.